The van der Waals surface area contributed by atoms with E-state index in [1.165, 1.54) is 17.4 Å². The fourth-order valence-corrected chi connectivity index (χ4v) is 6.09. The number of hydrogen-bond acceptors (Lipinski definition) is 6. The van der Waals surface area contributed by atoms with Crippen LogP contribution in [0.1, 0.15) is 51.2 Å². The Morgan fingerprint density at radius 1 is 1.26 bits per heavy atom. The van der Waals surface area contributed by atoms with Crippen molar-refractivity contribution >= 4 is 57.3 Å². The van der Waals surface area contributed by atoms with Gasteiger partial charge < -0.3 is 15.3 Å². The van der Waals surface area contributed by atoms with Crippen molar-refractivity contribution in [3.63, 3.8) is 0 Å². The van der Waals surface area contributed by atoms with E-state index in [9.17, 15) is 14.4 Å². The molecule has 12 heteroatoms. The number of para-hydroxylation sites is 1. The molecular formula is C27H25ClFN5O4S. The highest BCUT2D eigenvalue weighted by molar-refractivity contribution is 7.11. The molecule has 1 saturated heterocycles. The summed E-state index contributed by atoms with van der Waals surface area (Å²) in [6.07, 6.45) is 3.38. The first kappa shape index (κ1) is 26.8. The maximum absolute atomic E-state index is 15.1. The first-order chi connectivity index (χ1) is 18.7. The molecule has 4 aromatic rings. The molecule has 39 heavy (non-hydrogen) atoms. The standard InChI is InChI=1S/C27H25ClFN5O4S/c1-33-21-6-3-2-5-17(21)25(32-33)26(38)31-20-13-19(29)15(11-18(20)28)12-23(35)34-10-4-7-22(34)27-30-14-16(39-27)8-9-24(36)37/h2-3,5-6,11,13-14,22H,4,7-10,12H2,1H3,(H,31,38)(H,36,37)/t22-/m0/s1. The number of aryl methyl sites for hydroxylation is 2. The van der Waals surface area contributed by atoms with Crippen LogP contribution in [-0.2, 0) is 29.5 Å². The number of anilines is 1. The Morgan fingerprint density at radius 2 is 2.05 bits per heavy atom. The Balaban J connectivity index is 1.28. The van der Waals surface area contributed by atoms with Crippen LogP contribution in [0.15, 0.2) is 42.6 Å². The van der Waals surface area contributed by atoms with E-state index in [2.05, 4.69) is 15.4 Å². The van der Waals surface area contributed by atoms with Gasteiger partial charge in [-0.05, 0) is 43.0 Å². The van der Waals surface area contributed by atoms with E-state index in [-0.39, 0.29) is 46.8 Å². The Hall–Kier alpha value is -3.83. The third-order valence-corrected chi connectivity index (χ3v) is 8.18. The third-order valence-electron chi connectivity index (χ3n) is 6.71. The lowest BCUT2D eigenvalue weighted by atomic mass is 10.1. The zero-order chi connectivity index (χ0) is 27.7. The lowest BCUT2D eigenvalue weighted by Crippen LogP contribution is -2.32. The van der Waals surface area contributed by atoms with Gasteiger partial charge in [0.25, 0.3) is 5.91 Å². The van der Waals surface area contributed by atoms with Crippen LogP contribution in [0.2, 0.25) is 5.02 Å². The molecule has 0 spiro atoms. The predicted octanol–water partition coefficient (Wildman–Crippen LogP) is 5.00. The molecule has 1 fully saturated rings. The average molecular weight is 570 g/mol. The fourth-order valence-electron chi connectivity index (χ4n) is 4.79. The number of carbonyl (C=O) groups excluding carboxylic acids is 2. The molecule has 2 aromatic carbocycles. The molecule has 2 N–H and O–H groups in total. The van der Waals surface area contributed by atoms with Crippen molar-refractivity contribution in [3.8, 4) is 0 Å². The number of fused-ring (bicyclic) bond motifs is 1. The first-order valence-electron chi connectivity index (χ1n) is 12.4. The van der Waals surface area contributed by atoms with Gasteiger partial charge in [0.05, 0.1) is 35.1 Å². The zero-order valence-electron chi connectivity index (χ0n) is 21.0. The van der Waals surface area contributed by atoms with E-state index >= 15 is 4.39 Å². The highest BCUT2D eigenvalue weighted by atomic mass is 35.5. The Kier molecular flexibility index (Phi) is 7.62. The number of benzene rings is 2. The van der Waals surface area contributed by atoms with Gasteiger partial charge in [-0.15, -0.1) is 11.3 Å². The highest BCUT2D eigenvalue weighted by Gasteiger charge is 2.32. The zero-order valence-corrected chi connectivity index (χ0v) is 22.6. The van der Waals surface area contributed by atoms with Crippen molar-refractivity contribution in [1.29, 1.82) is 0 Å². The summed E-state index contributed by atoms with van der Waals surface area (Å²) in [7, 11) is 1.73. The third kappa shape index (κ3) is 5.64. The van der Waals surface area contributed by atoms with Gasteiger partial charge in [0.2, 0.25) is 5.91 Å². The largest absolute Gasteiger partial charge is 0.481 e. The second-order valence-corrected chi connectivity index (χ2v) is 10.9. The van der Waals surface area contributed by atoms with Crippen LogP contribution in [0.25, 0.3) is 10.9 Å². The SMILES string of the molecule is Cn1nc(C(=O)Nc2cc(F)c(CC(=O)N3CCC[C@H]3c3ncc(CCC(=O)O)s3)cc2Cl)c2ccccc21. The van der Waals surface area contributed by atoms with Gasteiger partial charge in [0.15, 0.2) is 5.69 Å². The number of carboxylic acid groups (broad SMARTS) is 1. The van der Waals surface area contributed by atoms with Crippen molar-refractivity contribution in [2.75, 3.05) is 11.9 Å². The van der Waals surface area contributed by atoms with E-state index in [0.717, 1.165) is 34.3 Å². The number of aromatic nitrogens is 3. The Morgan fingerprint density at radius 3 is 2.85 bits per heavy atom. The van der Waals surface area contributed by atoms with Crippen LogP contribution in [0.4, 0.5) is 10.1 Å². The minimum atomic E-state index is -0.876. The van der Waals surface area contributed by atoms with Crippen LogP contribution in [-0.4, -0.2) is 49.1 Å². The number of aliphatic carboxylic acids is 1. The number of halogens is 2. The normalized spacial score (nSPS) is 15.2. The molecule has 3 heterocycles. The highest BCUT2D eigenvalue weighted by Crippen LogP contribution is 2.35. The van der Waals surface area contributed by atoms with Crippen LogP contribution in [0, 0.1) is 5.82 Å². The van der Waals surface area contributed by atoms with Crippen LogP contribution in [0.3, 0.4) is 0 Å². The molecular weight excluding hydrogens is 545 g/mol. The van der Waals surface area contributed by atoms with Crippen molar-refractivity contribution in [2.24, 2.45) is 7.05 Å². The maximum atomic E-state index is 15.1. The topological polar surface area (TPSA) is 117 Å². The molecule has 0 unspecified atom stereocenters. The van der Waals surface area contributed by atoms with Crippen LogP contribution < -0.4 is 5.32 Å². The lowest BCUT2D eigenvalue weighted by Gasteiger charge is -2.23. The number of hydrogen-bond donors (Lipinski definition) is 2. The van der Waals surface area contributed by atoms with Crippen molar-refractivity contribution in [2.45, 2.75) is 38.1 Å². The predicted molar refractivity (Wildman–Crippen MR) is 146 cm³/mol. The number of thiazole rings is 1. The quantitative estimate of drug-likeness (QED) is 0.308. The van der Waals surface area contributed by atoms with Gasteiger partial charge in [-0.3, -0.25) is 19.1 Å². The van der Waals surface area contributed by atoms with E-state index in [4.69, 9.17) is 16.7 Å². The van der Waals surface area contributed by atoms with Gasteiger partial charge in [-0.25, -0.2) is 9.37 Å². The molecule has 0 bridgehead atoms. The molecule has 2 amide bonds. The van der Waals surface area contributed by atoms with Gasteiger partial charge >= 0.3 is 5.97 Å². The summed E-state index contributed by atoms with van der Waals surface area (Å²) in [5, 5.41) is 17.3. The van der Waals surface area contributed by atoms with Gasteiger partial charge in [0, 0.05) is 30.1 Å². The number of nitrogens with zero attached hydrogens (tertiary/aromatic N) is 4. The van der Waals surface area contributed by atoms with Crippen LogP contribution in [0.5, 0.6) is 0 Å². The first-order valence-corrected chi connectivity index (χ1v) is 13.6. The van der Waals surface area contributed by atoms with Gasteiger partial charge in [-0.2, -0.15) is 5.10 Å². The Labute approximate surface area is 232 Å². The summed E-state index contributed by atoms with van der Waals surface area (Å²) in [6, 6.07) is 9.52. The van der Waals surface area contributed by atoms with E-state index < -0.39 is 17.7 Å². The minimum Gasteiger partial charge on any atom is -0.481 e. The summed E-state index contributed by atoms with van der Waals surface area (Å²) < 4.78 is 16.7. The molecule has 9 nitrogen and oxygen atoms in total. The average Bonchev–Trinajstić information content (AvgIpc) is 3.64. The molecule has 0 aliphatic carbocycles. The second-order valence-electron chi connectivity index (χ2n) is 9.35. The Bertz CT molecular complexity index is 1590. The molecule has 1 atom stereocenters. The van der Waals surface area contributed by atoms with E-state index in [1.807, 2.05) is 12.1 Å². The monoisotopic (exact) mass is 569 g/mol. The van der Waals surface area contributed by atoms with Crippen LogP contribution >= 0.6 is 22.9 Å². The molecule has 5 rings (SSSR count). The van der Waals surface area contributed by atoms with Crippen molar-refractivity contribution < 1.29 is 23.9 Å². The number of carboxylic acids is 1. The number of carbonyl (C=O) groups is 3. The molecule has 1 aliphatic rings. The van der Waals surface area contributed by atoms with Crippen molar-refractivity contribution in [1.82, 2.24) is 19.7 Å². The van der Waals surface area contributed by atoms with Gasteiger partial charge in [-0.1, -0.05) is 29.8 Å². The molecule has 0 radical (unpaired) electrons. The maximum Gasteiger partial charge on any atom is 0.303 e. The molecule has 2 aromatic heterocycles. The van der Waals surface area contributed by atoms with E-state index in [0.29, 0.717) is 18.4 Å². The summed E-state index contributed by atoms with van der Waals surface area (Å²) >= 11 is 7.80. The number of rotatable bonds is 8. The molecule has 1 aliphatic heterocycles. The minimum absolute atomic E-state index is 0.0177. The molecule has 0 saturated carbocycles. The second kappa shape index (κ2) is 11.1. The number of nitrogens with one attached hydrogen (secondary N) is 1. The summed E-state index contributed by atoms with van der Waals surface area (Å²) in [4.78, 5) is 43.9. The smallest absolute Gasteiger partial charge is 0.303 e. The summed E-state index contributed by atoms with van der Waals surface area (Å²) in [6.45, 7) is 0.523. The molecule has 202 valence electrons. The lowest BCUT2D eigenvalue weighted by molar-refractivity contribution is -0.137. The fraction of sp³-hybridized carbons (Fsp3) is 0.296. The summed E-state index contributed by atoms with van der Waals surface area (Å²) in [5.74, 6) is -2.32. The number of amides is 2. The van der Waals surface area contributed by atoms with Gasteiger partial charge in [0.1, 0.15) is 10.8 Å². The van der Waals surface area contributed by atoms with Crippen molar-refractivity contribution in [3.05, 3.63) is 74.6 Å². The number of likely N-dealkylation sites (tertiary alicyclic amines) is 1. The van der Waals surface area contributed by atoms with E-state index in [1.54, 1.807) is 35.0 Å². The summed E-state index contributed by atoms with van der Waals surface area (Å²) in [5.41, 5.74) is 1.18.